The first-order valence-corrected chi connectivity index (χ1v) is 5.88. The summed E-state index contributed by atoms with van der Waals surface area (Å²) in [6, 6.07) is 4.86. The second kappa shape index (κ2) is 5.27. The number of hydrogen-bond donors (Lipinski definition) is 1. The molecule has 0 aliphatic heterocycles. The Bertz CT molecular complexity index is 537. The number of benzene rings is 1. The molecule has 1 N–H and O–H groups in total. The van der Waals surface area contributed by atoms with Crippen LogP contribution in [0.4, 0.5) is 4.39 Å². The van der Waals surface area contributed by atoms with Gasteiger partial charge in [0.25, 0.3) is 0 Å². The number of aromatic nitrogens is 2. The van der Waals surface area contributed by atoms with Crippen molar-refractivity contribution in [2.75, 3.05) is 0 Å². The predicted molar refractivity (Wildman–Crippen MR) is 66.4 cm³/mol. The molecule has 1 aromatic carbocycles. The molecule has 0 saturated carbocycles. The molecule has 0 unspecified atom stereocenters. The standard InChI is InChI=1S/C13H16FN3O/c1-8(2)15-7-12-16-17-13(18-12)11-6-10(14)5-4-9(11)3/h4-6,8,15H,7H2,1-3H3. The minimum absolute atomic E-state index is 0.310. The van der Waals surface area contributed by atoms with Gasteiger partial charge in [0.2, 0.25) is 11.8 Å². The molecule has 0 radical (unpaired) electrons. The monoisotopic (exact) mass is 249 g/mol. The van der Waals surface area contributed by atoms with E-state index in [-0.39, 0.29) is 5.82 Å². The quantitative estimate of drug-likeness (QED) is 0.905. The summed E-state index contributed by atoms with van der Waals surface area (Å²) in [5.74, 6) is 0.547. The molecular formula is C13H16FN3O. The van der Waals surface area contributed by atoms with Gasteiger partial charge in [-0.05, 0) is 24.6 Å². The Morgan fingerprint density at radius 2 is 2.11 bits per heavy atom. The molecule has 0 aliphatic carbocycles. The second-order valence-electron chi connectivity index (χ2n) is 4.50. The lowest BCUT2D eigenvalue weighted by Crippen LogP contribution is -2.21. The molecule has 0 spiro atoms. The zero-order valence-corrected chi connectivity index (χ0v) is 10.7. The number of aryl methyl sites for hydroxylation is 1. The van der Waals surface area contributed by atoms with Gasteiger partial charge >= 0.3 is 0 Å². The van der Waals surface area contributed by atoms with Crippen molar-refractivity contribution in [3.8, 4) is 11.5 Å². The molecule has 2 aromatic rings. The average Bonchev–Trinajstić information content (AvgIpc) is 2.78. The lowest BCUT2D eigenvalue weighted by atomic mass is 10.1. The van der Waals surface area contributed by atoms with Crippen LogP contribution in [-0.2, 0) is 6.54 Å². The molecule has 1 aromatic heterocycles. The molecule has 0 atom stereocenters. The van der Waals surface area contributed by atoms with Crippen LogP contribution in [0.3, 0.4) is 0 Å². The van der Waals surface area contributed by atoms with Crippen molar-refractivity contribution in [3.63, 3.8) is 0 Å². The van der Waals surface area contributed by atoms with Crippen molar-refractivity contribution in [2.24, 2.45) is 0 Å². The van der Waals surface area contributed by atoms with Gasteiger partial charge in [-0.3, -0.25) is 0 Å². The summed E-state index contributed by atoms with van der Waals surface area (Å²) >= 11 is 0. The number of rotatable bonds is 4. The van der Waals surface area contributed by atoms with Crippen LogP contribution in [-0.4, -0.2) is 16.2 Å². The van der Waals surface area contributed by atoms with Gasteiger partial charge in [-0.25, -0.2) is 4.39 Å². The number of hydrogen-bond acceptors (Lipinski definition) is 4. The Morgan fingerprint density at radius 1 is 1.33 bits per heavy atom. The van der Waals surface area contributed by atoms with Crippen LogP contribution >= 0.6 is 0 Å². The molecule has 4 nitrogen and oxygen atoms in total. The SMILES string of the molecule is Cc1ccc(F)cc1-c1nnc(CNC(C)C)o1. The Kier molecular flexibility index (Phi) is 3.72. The Morgan fingerprint density at radius 3 is 2.83 bits per heavy atom. The van der Waals surface area contributed by atoms with Gasteiger partial charge in [-0.15, -0.1) is 10.2 Å². The lowest BCUT2D eigenvalue weighted by Gasteiger charge is -2.03. The highest BCUT2D eigenvalue weighted by Gasteiger charge is 2.11. The van der Waals surface area contributed by atoms with Crippen molar-refractivity contribution in [1.82, 2.24) is 15.5 Å². The van der Waals surface area contributed by atoms with Crippen molar-refractivity contribution in [3.05, 3.63) is 35.5 Å². The Labute approximate surface area is 105 Å². The van der Waals surface area contributed by atoms with Crippen LogP contribution in [0.15, 0.2) is 22.6 Å². The van der Waals surface area contributed by atoms with Crippen LogP contribution in [0.5, 0.6) is 0 Å². The highest BCUT2D eigenvalue weighted by atomic mass is 19.1. The third-order valence-electron chi connectivity index (χ3n) is 2.56. The van der Waals surface area contributed by atoms with E-state index in [1.807, 2.05) is 20.8 Å². The van der Waals surface area contributed by atoms with Crippen molar-refractivity contribution >= 4 is 0 Å². The van der Waals surface area contributed by atoms with Gasteiger partial charge in [-0.2, -0.15) is 0 Å². The third kappa shape index (κ3) is 2.92. The zero-order valence-electron chi connectivity index (χ0n) is 10.7. The molecule has 0 saturated heterocycles. The molecule has 96 valence electrons. The average molecular weight is 249 g/mol. The number of nitrogens with zero attached hydrogens (tertiary/aromatic N) is 2. The smallest absolute Gasteiger partial charge is 0.248 e. The van der Waals surface area contributed by atoms with Crippen LogP contribution in [0.25, 0.3) is 11.5 Å². The summed E-state index contributed by atoms with van der Waals surface area (Å²) in [4.78, 5) is 0. The first-order chi connectivity index (χ1) is 8.56. The fourth-order valence-corrected chi connectivity index (χ4v) is 1.55. The summed E-state index contributed by atoms with van der Waals surface area (Å²) in [7, 11) is 0. The summed E-state index contributed by atoms with van der Waals surface area (Å²) in [6.07, 6.45) is 0. The molecule has 0 bridgehead atoms. The predicted octanol–water partition coefficient (Wildman–Crippen LogP) is 2.68. The summed E-state index contributed by atoms with van der Waals surface area (Å²) in [5, 5.41) is 11.1. The summed E-state index contributed by atoms with van der Waals surface area (Å²) < 4.78 is 18.7. The molecular weight excluding hydrogens is 233 g/mol. The van der Waals surface area contributed by atoms with Gasteiger partial charge in [0.15, 0.2) is 0 Å². The van der Waals surface area contributed by atoms with E-state index in [0.29, 0.717) is 29.9 Å². The maximum Gasteiger partial charge on any atom is 0.248 e. The van der Waals surface area contributed by atoms with Gasteiger partial charge in [-0.1, -0.05) is 19.9 Å². The Hall–Kier alpha value is -1.75. The Balaban J connectivity index is 2.21. The molecule has 5 heteroatoms. The van der Waals surface area contributed by atoms with Crippen molar-refractivity contribution < 1.29 is 8.81 Å². The molecule has 0 aliphatic rings. The maximum absolute atomic E-state index is 13.2. The van der Waals surface area contributed by atoms with Gasteiger partial charge < -0.3 is 9.73 Å². The molecule has 18 heavy (non-hydrogen) atoms. The van der Waals surface area contributed by atoms with Gasteiger partial charge in [0.05, 0.1) is 6.54 Å². The van der Waals surface area contributed by atoms with Crippen LogP contribution < -0.4 is 5.32 Å². The summed E-state index contributed by atoms with van der Waals surface area (Å²) in [5.41, 5.74) is 1.54. The normalized spacial score (nSPS) is 11.2. The maximum atomic E-state index is 13.2. The van der Waals surface area contributed by atoms with Gasteiger partial charge in [0.1, 0.15) is 5.82 Å². The molecule has 0 fully saturated rings. The van der Waals surface area contributed by atoms with Crippen LogP contribution in [0.1, 0.15) is 25.3 Å². The largest absolute Gasteiger partial charge is 0.419 e. The zero-order chi connectivity index (χ0) is 13.1. The fraction of sp³-hybridized carbons (Fsp3) is 0.385. The van der Waals surface area contributed by atoms with E-state index in [1.165, 1.54) is 12.1 Å². The van der Waals surface area contributed by atoms with E-state index in [2.05, 4.69) is 15.5 Å². The van der Waals surface area contributed by atoms with Gasteiger partial charge in [0, 0.05) is 11.6 Å². The van der Waals surface area contributed by atoms with Crippen molar-refractivity contribution in [1.29, 1.82) is 0 Å². The second-order valence-corrected chi connectivity index (χ2v) is 4.50. The van der Waals surface area contributed by atoms with Crippen molar-refractivity contribution in [2.45, 2.75) is 33.4 Å². The van der Waals surface area contributed by atoms with Crippen LogP contribution in [0, 0.1) is 12.7 Å². The molecule has 0 amide bonds. The minimum atomic E-state index is -0.310. The van der Waals surface area contributed by atoms with Crippen LogP contribution in [0.2, 0.25) is 0 Å². The number of halogens is 1. The molecule has 2 rings (SSSR count). The lowest BCUT2D eigenvalue weighted by molar-refractivity contribution is 0.458. The van der Waals surface area contributed by atoms with E-state index < -0.39 is 0 Å². The van der Waals surface area contributed by atoms with E-state index in [4.69, 9.17) is 4.42 Å². The number of nitrogens with one attached hydrogen (secondary N) is 1. The van der Waals surface area contributed by atoms with E-state index in [0.717, 1.165) is 5.56 Å². The third-order valence-corrected chi connectivity index (χ3v) is 2.56. The molecule has 1 heterocycles. The highest BCUT2D eigenvalue weighted by molar-refractivity contribution is 5.57. The summed E-state index contributed by atoms with van der Waals surface area (Å²) in [6.45, 7) is 6.46. The van der Waals surface area contributed by atoms with E-state index >= 15 is 0 Å². The first-order valence-electron chi connectivity index (χ1n) is 5.88. The van der Waals surface area contributed by atoms with E-state index in [1.54, 1.807) is 6.07 Å². The highest BCUT2D eigenvalue weighted by Crippen LogP contribution is 2.22. The minimum Gasteiger partial charge on any atom is -0.419 e. The first kappa shape index (κ1) is 12.7. The topological polar surface area (TPSA) is 51.0 Å². The van der Waals surface area contributed by atoms with E-state index in [9.17, 15) is 4.39 Å². The fourth-order valence-electron chi connectivity index (χ4n) is 1.55.